The van der Waals surface area contributed by atoms with Crippen molar-refractivity contribution in [2.45, 2.75) is 20.8 Å². The molecule has 0 saturated heterocycles. The van der Waals surface area contributed by atoms with Crippen LogP contribution in [0.5, 0.6) is 11.5 Å². The number of carbonyl (C=O) groups is 1. The molecule has 4 rings (SSSR count). The van der Waals surface area contributed by atoms with E-state index in [1.54, 1.807) is 44.2 Å². The zero-order valence-electron chi connectivity index (χ0n) is 21.3. The SMILES string of the molecule is CCOc1cc(C=Nn2c(C)nc3ccc(Br)cc3c2=O)cc([N+](=O)[O-])c1OCC(=O)Nc1ccc(C)cc1. The first-order valence-corrected chi connectivity index (χ1v) is 12.6. The molecule has 0 aliphatic carbocycles. The van der Waals surface area contributed by atoms with Crippen molar-refractivity contribution in [3.63, 3.8) is 0 Å². The van der Waals surface area contributed by atoms with Crippen LogP contribution in [-0.2, 0) is 4.79 Å². The van der Waals surface area contributed by atoms with E-state index < -0.39 is 28.7 Å². The minimum absolute atomic E-state index is 0.0564. The molecular weight excluding hydrogens is 570 g/mol. The van der Waals surface area contributed by atoms with Gasteiger partial charge in [0.1, 0.15) is 5.82 Å². The third-order valence-electron chi connectivity index (χ3n) is 5.53. The van der Waals surface area contributed by atoms with Gasteiger partial charge in [-0.25, -0.2) is 4.98 Å². The van der Waals surface area contributed by atoms with Crippen molar-refractivity contribution < 1.29 is 19.2 Å². The predicted octanol–water partition coefficient (Wildman–Crippen LogP) is 4.98. The Balaban J connectivity index is 1.64. The Hall–Kier alpha value is -4.58. The highest BCUT2D eigenvalue weighted by molar-refractivity contribution is 9.10. The zero-order valence-corrected chi connectivity index (χ0v) is 22.9. The number of nitrogens with one attached hydrogen (secondary N) is 1. The van der Waals surface area contributed by atoms with E-state index in [1.165, 1.54) is 18.3 Å². The fraction of sp³-hybridized carbons (Fsp3) is 0.185. The first-order chi connectivity index (χ1) is 18.7. The van der Waals surface area contributed by atoms with E-state index in [4.69, 9.17) is 9.47 Å². The fourth-order valence-corrected chi connectivity index (χ4v) is 4.08. The van der Waals surface area contributed by atoms with E-state index in [-0.39, 0.29) is 23.7 Å². The summed E-state index contributed by atoms with van der Waals surface area (Å²) in [5.74, 6) is -0.291. The zero-order chi connectivity index (χ0) is 28.1. The second-order valence-electron chi connectivity index (χ2n) is 8.44. The Morgan fingerprint density at radius 1 is 1.15 bits per heavy atom. The summed E-state index contributed by atoms with van der Waals surface area (Å²) in [4.78, 5) is 41.1. The smallest absolute Gasteiger partial charge is 0.315 e. The highest BCUT2D eigenvalue weighted by atomic mass is 79.9. The maximum Gasteiger partial charge on any atom is 0.315 e. The number of anilines is 1. The van der Waals surface area contributed by atoms with E-state index in [0.717, 1.165) is 10.2 Å². The molecule has 4 aromatic rings. The number of aromatic nitrogens is 2. The average Bonchev–Trinajstić information content (AvgIpc) is 2.89. The molecule has 39 heavy (non-hydrogen) atoms. The standard InChI is InChI=1S/C27H24BrN5O6/c1-4-38-24-12-18(14-29-32-17(3)30-22-10-7-19(28)13-21(22)27(32)35)11-23(33(36)37)26(24)39-15-25(34)31-20-8-5-16(2)6-9-20/h5-14H,4,15H2,1-3H3,(H,31,34). The highest BCUT2D eigenvalue weighted by Crippen LogP contribution is 2.38. The van der Waals surface area contributed by atoms with Gasteiger partial charge in [0.2, 0.25) is 5.75 Å². The monoisotopic (exact) mass is 593 g/mol. The van der Waals surface area contributed by atoms with Gasteiger partial charge in [-0.05, 0) is 57.2 Å². The number of benzene rings is 3. The van der Waals surface area contributed by atoms with Crippen LogP contribution in [0.3, 0.4) is 0 Å². The fourth-order valence-electron chi connectivity index (χ4n) is 3.72. The third-order valence-corrected chi connectivity index (χ3v) is 6.02. The molecule has 11 nitrogen and oxygen atoms in total. The van der Waals surface area contributed by atoms with Gasteiger partial charge in [0.25, 0.3) is 11.5 Å². The lowest BCUT2D eigenvalue weighted by molar-refractivity contribution is -0.385. The molecule has 0 fully saturated rings. The molecule has 3 aromatic carbocycles. The Bertz CT molecular complexity index is 1650. The molecule has 0 unspecified atom stereocenters. The Labute approximate surface area is 231 Å². The first-order valence-electron chi connectivity index (χ1n) is 11.8. The summed E-state index contributed by atoms with van der Waals surface area (Å²) in [6, 6.07) is 15.0. The van der Waals surface area contributed by atoms with Crippen LogP contribution >= 0.6 is 15.9 Å². The molecule has 12 heteroatoms. The Kier molecular flexibility index (Phi) is 8.35. The molecule has 0 atom stereocenters. The molecule has 1 amide bonds. The molecule has 1 heterocycles. The van der Waals surface area contributed by atoms with Gasteiger partial charge in [-0.3, -0.25) is 19.7 Å². The number of ether oxygens (including phenoxy) is 2. The van der Waals surface area contributed by atoms with Crippen molar-refractivity contribution in [2.24, 2.45) is 5.10 Å². The van der Waals surface area contributed by atoms with E-state index in [1.807, 2.05) is 19.1 Å². The number of nitro benzene ring substituents is 1. The number of aryl methyl sites for hydroxylation is 2. The van der Waals surface area contributed by atoms with Crippen LogP contribution in [0, 0.1) is 24.0 Å². The lowest BCUT2D eigenvalue weighted by Gasteiger charge is -2.13. The van der Waals surface area contributed by atoms with Gasteiger partial charge < -0.3 is 14.8 Å². The second kappa shape index (κ2) is 11.9. The summed E-state index contributed by atoms with van der Waals surface area (Å²) < 4.78 is 13.0. The second-order valence-corrected chi connectivity index (χ2v) is 9.36. The lowest BCUT2D eigenvalue weighted by Crippen LogP contribution is -2.21. The van der Waals surface area contributed by atoms with Crippen LogP contribution in [0.4, 0.5) is 11.4 Å². The quantitative estimate of drug-likeness (QED) is 0.164. The van der Waals surface area contributed by atoms with Crippen molar-refractivity contribution in [1.29, 1.82) is 0 Å². The topological polar surface area (TPSA) is 138 Å². The summed E-state index contributed by atoms with van der Waals surface area (Å²) in [7, 11) is 0. The summed E-state index contributed by atoms with van der Waals surface area (Å²) in [6.45, 7) is 4.98. The maximum absolute atomic E-state index is 13.0. The van der Waals surface area contributed by atoms with Crippen LogP contribution < -0.4 is 20.3 Å². The van der Waals surface area contributed by atoms with Crippen LogP contribution in [0.15, 0.2) is 69.0 Å². The van der Waals surface area contributed by atoms with Crippen LogP contribution in [0.25, 0.3) is 10.9 Å². The number of hydrogen-bond acceptors (Lipinski definition) is 8. The summed E-state index contributed by atoms with van der Waals surface area (Å²) in [6.07, 6.45) is 1.29. The van der Waals surface area contributed by atoms with Crippen molar-refractivity contribution in [3.05, 3.63) is 96.5 Å². The highest BCUT2D eigenvalue weighted by Gasteiger charge is 2.23. The number of rotatable bonds is 9. The number of fused-ring (bicyclic) bond motifs is 1. The van der Waals surface area contributed by atoms with Gasteiger partial charge in [0.15, 0.2) is 12.4 Å². The van der Waals surface area contributed by atoms with Gasteiger partial charge in [-0.15, -0.1) is 0 Å². The minimum Gasteiger partial charge on any atom is -0.490 e. The van der Waals surface area contributed by atoms with E-state index in [2.05, 4.69) is 31.3 Å². The van der Waals surface area contributed by atoms with Crippen molar-refractivity contribution in [3.8, 4) is 11.5 Å². The molecule has 1 N–H and O–H groups in total. The van der Waals surface area contributed by atoms with E-state index >= 15 is 0 Å². The summed E-state index contributed by atoms with van der Waals surface area (Å²) in [5.41, 5.74) is 1.59. The van der Waals surface area contributed by atoms with Gasteiger partial charge in [-0.1, -0.05) is 33.6 Å². The maximum atomic E-state index is 13.0. The number of nitro groups is 1. The molecule has 0 spiro atoms. The van der Waals surface area contributed by atoms with Crippen molar-refractivity contribution in [2.75, 3.05) is 18.5 Å². The number of carbonyl (C=O) groups excluding carboxylic acids is 1. The number of amides is 1. The summed E-state index contributed by atoms with van der Waals surface area (Å²) in [5, 5.41) is 19.2. The lowest BCUT2D eigenvalue weighted by atomic mass is 10.2. The molecule has 0 aliphatic rings. The van der Waals surface area contributed by atoms with Crippen LogP contribution in [0.2, 0.25) is 0 Å². The van der Waals surface area contributed by atoms with Crippen molar-refractivity contribution in [1.82, 2.24) is 9.66 Å². The Morgan fingerprint density at radius 2 is 1.90 bits per heavy atom. The molecular formula is C27H24BrN5O6. The minimum atomic E-state index is -0.639. The first kappa shape index (κ1) is 27.5. The van der Waals surface area contributed by atoms with Crippen LogP contribution in [-0.4, -0.2) is 39.9 Å². The number of nitrogens with zero attached hydrogens (tertiary/aromatic N) is 4. The molecule has 0 bridgehead atoms. The largest absolute Gasteiger partial charge is 0.490 e. The van der Waals surface area contributed by atoms with Gasteiger partial charge in [0, 0.05) is 21.8 Å². The average molecular weight is 594 g/mol. The van der Waals surface area contributed by atoms with Gasteiger partial charge in [-0.2, -0.15) is 9.78 Å². The molecule has 0 aliphatic heterocycles. The molecule has 1 aromatic heterocycles. The van der Waals surface area contributed by atoms with Crippen LogP contribution in [0.1, 0.15) is 23.9 Å². The molecule has 200 valence electrons. The van der Waals surface area contributed by atoms with Gasteiger partial charge in [0.05, 0.1) is 28.6 Å². The summed E-state index contributed by atoms with van der Waals surface area (Å²) >= 11 is 3.35. The Morgan fingerprint density at radius 3 is 2.59 bits per heavy atom. The molecule has 0 radical (unpaired) electrons. The normalized spacial score (nSPS) is 11.1. The van der Waals surface area contributed by atoms with Gasteiger partial charge >= 0.3 is 5.69 Å². The van der Waals surface area contributed by atoms with E-state index in [9.17, 15) is 19.7 Å². The molecule has 0 saturated carbocycles. The number of hydrogen-bond donors (Lipinski definition) is 1. The predicted molar refractivity (Wildman–Crippen MR) is 151 cm³/mol. The number of halogens is 1. The van der Waals surface area contributed by atoms with Crippen molar-refractivity contribution >= 4 is 50.3 Å². The van der Waals surface area contributed by atoms with E-state index in [0.29, 0.717) is 26.9 Å². The third kappa shape index (κ3) is 6.47.